The van der Waals surface area contributed by atoms with Gasteiger partial charge in [-0.25, -0.2) is 4.79 Å². The van der Waals surface area contributed by atoms with E-state index in [1.54, 1.807) is 59.4 Å². The third kappa shape index (κ3) is 5.34. The highest BCUT2D eigenvalue weighted by Gasteiger charge is 2.16. The first-order valence-electron chi connectivity index (χ1n) is 8.69. The number of thiophene rings is 1. The summed E-state index contributed by atoms with van der Waals surface area (Å²) in [6.07, 6.45) is 3.36. The van der Waals surface area contributed by atoms with Gasteiger partial charge in [-0.1, -0.05) is 24.3 Å². The van der Waals surface area contributed by atoms with E-state index >= 15 is 0 Å². The second-order valence-corrected chi connectivity index (χ2v) is 6.87. The van der Waals surface area contributed by atoms with Gasteiger partial charge in [0.25, 0.3) is 5.91 Å². The van der Waals surface area contributed by atoms with Gasteiger partial charge < -0.3 is 10.1 Å². The molecule has 3 rings (SSSR count). The second kappa shape index (κ2) is 9.57. The summed E-state index contributed by atoms with van der Waals surface area (Å²) in [5.74, 6) is -0.737. The minimum atomic E-state index is -0.431. The lowest BCUT2D eigenvalue weighted by molar-refractivity contribution is -0.683. The van der Waals surface area contributed by atoms with E-state index in [2.05, 4.69) is 5.32 Å². The van der Waals surface area contributed by atoms with Crippen molar-refractivity contribution in [1.29, 1.82) is 0 Å². The number of hydrogen-bond donors (Lipinski definition) is 1. The summed E-state index contributed by atoms with van der Waals surface area (Å²) in [6, 6.07) is 15.7. The molecule has 3 aromatic rings. The van der Waals surface area contributed by atoms with E-state index in [-0.39, 0.29) is 31.4 Å². The monoisotopic (exact) mass is 395 g/mol. The van der Waals surface area contributed by atoms with Crippen LogP contribution in [0.25, 0.3) is 0 Å². The predicted octanol–water partition coefficient (Wildman–Crippen LogP) is 2.51. The van der Waals surface area contributed by atoms with E-state index in [1.807, 2.05) is 17.5 Å². The number of carbonyl (C=O) groups is 3. The molecule has 0 saturated heterocycles. The summed E-state index contributed by atoms with van der Waals surface area (Å²) in [5.41, 5.74) is 0.893. The van der Waals surface area contributed by atoms with Gasteiger partial charge in [-0.2, -0.15) is 4.57 Å². The number of carbonyl (C=O) groups excluding carboxylic acids is 3. The topological polar surface area (TPSA) is 76.3 Å². The van der Waals surface area contributed by atoms with E-state index in [4.69, 9.17) is 4.74 Å². The van der Waals surface area contributed by atoms with Crippen molar-refractivity contribution in [3.63, 3.8) is 0 Å². The number of rotatable bonds is 8. The second-order valence-electron chi connectivity index (χ2n) is 5.92. The lowest BCUT2D eigenvalue weighted by Gasteiger charge is -2.06. The van der Waals surface area contributed by atoms with Crippen LogP contribution >= 0.6 is 11.3 Å². The average Bonchev–Trinajstić information content (AvgIpc) is 3.27. The van der Waals surface area contributed by atoms with Crippen LogP contribution in [0.5, 0.6) is 0 Å². The Balaban J connectivity index is 1.48. The molecule has 7 heteroatoms. The van der Waals surface area contributed by atoms with Gasteiger partial charge in [0, 0.05) is 6.07 Å². The molecule has 0 aliphatic rings. The molecule has 0 fully saturated rings. The fourth-order valence-electron chi connectivity index (χ4n) is 2.50. The smallest absolute Gasteiger partial charge is 0.338 e. The molecule has 0 saturated carbocycles. The molecule has 1 amide bonds. The average molecular weight is 395 g/mol. The van der Waals surface area contributed by atoms with E-state index < -0.39 is 5.97 Å². The van der Waals surface area contributed by atoms with Gasteiger partial charge >= 0.3 is 5.97 Å². The van der Waals surface area contributed by atoms with Crippen molar-refractivity contribution in [2.24, 2.45) is 0 Å². The normalized spacial score (nSPS) is 10.3. The first-order chi connectivity index (χ1) is 13.6. The number of ketones is 1. The maximum Gasteiger partial charge on any atom is 0.338 e. The van der Waals surface area contributed by atoms with Crippen LogP contribution in [0.2, 0.25) is 0 Å². The molecule has 1 aromatic carbocycles. The Labute approximate surface area is 166 Å². The van der Waals surface area contributed by atoms with Gasteiger partial charge in [-0.05, 0) is 29.6 Å². The number of benzene rings is 1. The highest BCUT2D eigenvalue weighted by Crippen LogP contribution is 2.09. The summed E-state index contributed by atoms with van der Waals surface area (Å²) in [6.45, 7) is 0.430. The fraction of sp³-hybridized carbons (Fsp3) is 0.143. The number of amides is 1. The molecule has 2 aromatic heterocycles. The van der Waals surface area contributed by atoms with Crippen LogP contribution in [0.15, 0.2) is 72.4 Å². The Hall–Kier alpha value is -3.32. The zero-order valence-corrected chi connectivity index (χ0v) is 15.9. The van der Waals surface area contributed by atoms with Crippen LogP contribution in [0.3, 0.4) is 0 Å². The van der Waals surface area contributed by atoms with Crippen LogP contribution in [0.1, 0.15) is 30.4 Å². The lowest BCUT2D eigenvalue weighted by atomic mass is 10.2. The van der Waals surface area contributed by atoms with Crippen molar-refractivity contribution in [3.05, 3.63) is 88.4 Å². The summed E-state index contributed by atoms with van der Waals surface area (Å²) in [4.78, 5) is 37.0. The third-order valence-electron chi connectivity index (χ3n) is 3.87. The van der Waals surface area contributed by atoms with Gasteiger partial charge in [-0.3, -0.25) is 9.59 Å². The molecular formula is C21H19N2O4S+. The molecule has 0 unspecified atom stereocenters. The number of hydrogen-bond acceptors (Lipinski definition) is 5. The number of aromatic nitrogens is 1. The number of ether oxygens (including phenoxy) is 1. The molecule has 28 heavy (non-hydrogen) atoms. The molecule has 0 bridgehead atoms. The number of nitrogens with zero attached hydrogens (tertiary/aromatic N) is 1. The highest BCUT2D eigenvalue weighted by molar-refractivity contribution is 7.12. The van der Waals surface area contributed by atoms with E-state index in [0.717, 1.165) is 0 Å². The Morgan fingerprint density at radius 3 is 2.50 bits per heavy atom. The molecular weight excluding hydrogens is 376 g/mol. The van der Waals surface area contributed by atoms with E-state index in [0.29, 0.717) is 16.0 Å². The van der Waals surface area contributed by atoms with E-state index in [1.165, 1.54) is 11.3 Å². The molecule has 142 valence electrons. The minimum absolute atomic E-state index is 0.00891. The standard InChI is InChI=1S/C21H18N2O4S/c24-18(19-9-5-13-28-19)15-23-11-4-8-17(14-23)20(25)22-10-12-27-21(26)16-6-2-1-3-7-16/h1-9,11,13-14H,10,12,15H2/p+1. The van der Waals surface area contributed by atoms with Crippen molar-refractivity contribution in [3.8, 4) is 0 Å². The van der Waals surface area contributed by atoms with Crippen molar-refractivity contribution in [2.45, 2.75) is 6.54 Å². The third-order valence-corrected chi connectivity index (χ3v) is 4.78. The quantitative estimate of drug-likeness (QED) is 0.275. The number of Topliss-reactive ketones (excluding diaryl/α,β-unsaturated/α-hetero) is 1. The largest absolute Gasteiger partial charge is 0.460 e. The molecule has 1 N–H and O–H groups in total. The zero-order chi connectivity index (χ0) is 19.8. The Kier molecular flexibility index (Phi) is 6.64. The molecule has 0 spiro atoms. The molecule has 0 atom stereocenters. The Morgan fingerprint density at radius 1 is 0.964 bits per heavy atom. The lowest BCUT2D eigenvalue weighted by Crippen LogP contribution is -2.39. The van der Waals surface area contributed by atoms with Gasteiger partial charge in [0.15, 0.2) is 12.4 Å². The van der Waals surface area contributed by atoms with E-state index in [9.17, 15) is 14.4 Å². The number of esters is 1. The highest BCUT2D eigenvalue weighted by atomic mass is 32.1. The van der Waals surface area contributed by atoms with Crippen molar-refractivity contribution >= 4 is 29.0 Å². The van der Waals surface area contributed by atoms with Crippen LogP contribution in [0.4, 0.5) is 0 Å². The molecule has 0 radical (unpaired) electrons. The first-order valence-corrected chi connectivity index (χ1v) is 9.57. The summed E-state index contributed by atoms with van der Waals surface area (Å²) in [7, 11) is 0. The first kappa shape index (κ1) is 19.4. The maximum absolute atomic E-state index is 12.3. The number of nitrogens with one attached hydrogen (secondary N) is 1. The van der Waals surface area contributed by atoms with Crippen LogP contribution in [-0.4, -0.2) is 30.8 Å². The molecule has 2 heterocycles. The Morgan fingerprint density at radius 2 is 1.75 bits per heavy atom. The number of pyridine rings is 1. The van der Waals surface area contributed by atoms with Crippen molar-refractivity contribution < 1.29 is 23.7 Å². The summed E-state index contributed by atoms with van der Waals surface area (Å²) >= 11 is 1.39. The molecule has 0 aliphatic carbocycles. The zero-order valence-electron chi connectivity index (χ0n) is 15.0. The van der Waals surface area contributed by atoms with Gasteiger partial charge in [0.05, 0.1) is 17.0 Å². The van der Waals surface area contributed by atoms with Gasteiger partial charge in [0.2, 0.25) is 12.3 Å². The Bertz CT molecular complexity index is 956. The van der Waals surface area contributed by atoms with Crippen LogP contribution in [0, 0.1) is 0 Å². The molecule has 0 aliphatic heterocycles. The predicted molar refractivity (Wildman–Crippen MR) is 104 cm³/mol. The summed E-state index contributed by atoms with van der Waals surface area (Å²) in [5, 5.41) is 4.56. The SMILES string of the molecule is O=C(NCCOC(=O)c1ccccc1)c1ccc[n+](CC(=O)c2cccs2)c1. The van der Waals surface area contributed by atoms with Crippen LogP contribution in [-0.2, 0) is 11.3 Å². The van der Waals surface area contributed by atoms with Crippen LogP contribution < -0.4 is 9.88 Å². The summed E-state index contributed by atoms with van der Waals surface area (Å²) < 4.78 is 6.80. The fourth-order valence-corrected chi connectivity index (χ4v) is 3.16. The van der Waals surface area contributed by atoms with Gasteiger partial charge in [0.1, 0.15) is 12.2 Å². The molecule has 6 nitrogen and oxygen atoms in total. The van der Waals surface area contributed by atoms with Gasteiger partial charge in [-0.15, -0.1) is 11.3 Å². The minimum Gasteiger partial charge on any atom is -0.460 e. The van der Waals surface area contributed by atoms with Crippen molar-refractivity contribution in [1.82, 2.24) is 5.32 Å². The maximum atomic E-state index is 12.3. The van der Waals surface area contributed by atoms with Crippen molar-refractivity contribution in [2.75, 3.05) is 13.2 Å².